The van der Waals surface area contributed by atoms with Gasteiger partial charge in [0.1, 0.15) is 0 Å². The zero-order valence-corrected chi connectivity index (χ0v) is 13.8. The van der Waals surface area contributed by atoms with Crippen LogP contribution in [0.2, 0.25) is 0 Å². The maximum Gasteiger partial charge on any atom is 0.0718 e. The predicted octanol–water partition coefficient (Wildman–Crippen LogP) is 4.36. The smallest absolute Gasteiger partial charge is 0.0718 e. The van der Waals surface area contributed by atoms with Crippen LogP contribution in [0.4, 0.5) is 0 Å². The van der Waals surface area contributed by atoms with E-state index >= 15 is 0 Å². The molecule has 0 fully saturated rings. The van der Waals surface area contributed by atoms with E-state index in [2.05, 4.69) is 77.8 Å². The van der Waals surface area contributed by atoms with Crippen LogP contribution in [0.1, 0.15) is 43.5 Å². The van der Waals surface area contributed by atoms with E-state index in [4.69, 9.17) is 5.84 Å². The van der Waals surface area contributed by atoms with E-state index < -0.39 is 0 Å². The standard InChI is InChI=1S/C15H19BrN2S/c1-15(2,3)12-6-4-10(5-7-12)14(18-17)11-8-13(16)19-9-11/h4-9,14,18H,17H2,1-3H3. The maximum atomic E-state index is 5.71. The first-order valence-corrected chi connectivity index (χ1v) is 7.89. The van der Waals surface area contributed by atoms with Gasteiger partial charge in [0.25, 0.3) is 0 Å². The Kier molecular flexibility index (Phi) is 4.46. The molecule has 2 rings (SSSR count). The molecule has 1 unspecified atom stereocenters. The van der Waals surface area contributed by atoms with Crippen molar-refractivity contribution in [2.75, 3.05) is 0 Å². The number of thiophene rings is 1. The maximum absolute atomic E-state index is 5.71. The lowest BCUT2D eigenvalue weighted by molar-refractivity contribution is 0.588. The molecule has 0 amide bonds. The lowest BCUT2D eigenvalue weighted by Crippen LogP contribution is -2.28. The minimum Gasteiger partial charge on any atom is -0.271 e. The normalized spacial score (nSPS) is 13.5. The fourth-order valence-corrected chi connectivity index (χ4v) is 3.24. The zero-order chi connectivity index (χ0) is 14.0. The Labute approximate surface area is 127 Å². The topological polar surface area (TPSA) is 38.0 Å². The van der Waals surface area contributed by atoms with Gasteiger partial charge in [0.05, 0.1) is 9.83 Å². The summed E-state index contributed by atoms with van der Waals surface area (Å²) < 4.78 is 1.12. The summed E-state index contributed by atoms with van der Waals surface area (Å²) in [5.41, 5.74) is 6.76. The van der Waals surface area contributed by atoms with E-state index in [0.29, 0.717) is 0 Å². The number of nitrogens with one attached hydrogen (secondary N) is 1. The van der Waals surface area contributed by atoms with Crippen molar-refractivity contribution in [3.63, 3.8) is 0 Å². The third-order valence-electron chi connectivity index (χ3n) is 3.20. The number of halogens is 1. The summed E-state index contributed by atoms with van der Waals surface area (Å²) in [6.45, 7) is 6.66. The highest BCUT2D eigenvalue weighted by Gasteiger charge is 2.17. The third kappa shape index (κ3) is 3.45. The van der Waals surface area contributed by atoms with Crippen LogP contribution in [-0.4, -0.2) is 0 Å². The molecule has 0 saturated heterocycles. The van der Waals surface area contributed by atoms with Crippen LogP contribution in [0.3, 0.4) is 0 Å². The number of hydrogen-bond acceptors (Lipinski definition) is 3. The number of nitrogens with two attached hydrogens (primary N) is 1. The van der Waals surface area contributed by atoms with Gasteiger partial charge < -0.3 is 0 Å². The van der Waals surface area contributed by atoms with Crippen LogP contribution < -0.4 is 11.3 Å². The Morgan fingerprint density at radius 1 is 1.16 bits per heavy atom. The second-order valence-electron chi connectivity index (χ2n) is 5.66. The average molecular weight is 339 g/mol. The van der Waals surface area contributed by atoms with E-state index in [1.807, 2.05) is 0 Å². The highest BCUT2D eigenvalue weighted by Crippen LogP contribution is 2.30. The van der Waals surface area contributed by atoms with Gasteiger partial charge in [0.15, 0.2) is 0 Å². The van der Waals surface area contributed by atoms with Gasteiger partial charge in [0, 0.05) is 0 Å². The summed E-state index contributed by atoms with van der Waals surface area (Å²) >= 11 is 5.16. The van der Waals surface area contributed by atoms with Crippen molar-refractivity contribution in [2.45, 2.75) is 32.2 Å². The molecule has 1 aromatic carbocycles. The lowest BCUT2D eigenvalue weighted by Gasteiger charge is -2.21. The first kappa shape index (κ1) is 14.7. The zero-order valence-electron chi connectivity index (χ0n) is 11.4. The first-order chi connectivity index (χ1) is 8.91. The van der Waals surface area contributed by atoms with E-state index in [1.165, 1.54) is 16.7 Å². The molecule has 4 heteroatoms. The van der Waals surface area contributed by atoms with Crippen LogP contribution in [0.15, 0.2) is 39.5 Å². The van der Waals surface area contributed by atoms with Crippen molar-refractivity contribution in [3.8, 4) is 0 Å². The number of hydrogen-bond donors (Lipinski definition) is 2. The number of hydrazine groups is 1. The van der Waals surface area contributed by atoms with Crippen molar-refractivity contribution in [3.05, 3.63) is 56.2 Å². The second-order valence-corrected chi connectivity index (χ2v) is 7.95. The molecular weight excluding hydrogens is 320 g/mol. The first-order valence-electron chi connectivity index (χ1n) is 6.22. The summed E-state index contributed by atoms with van der Waals surface area (Å²) in [5.74, 6) is 5.71. The van der Waals surface area contributed by atoms with Crippen molar-refractivity contribution >= 4 is 27.3 Å². The van der Waals surface area contributed by atoms with Crippen LogP contribution in [0.25, 0.3) is 0 Å². The minimum atomic E-state index is 0.0385. The van der Waals surface area contributed by atoms with Gasteiger partial charge in [0.2, 0.25) is 0 Å². The average Bonchev–Trinajstić information content (AvgIpc) is 2.76. The van der Waals surface area contributed by atoms with Crippen LogP contribution in [-0.2, 0) is 5.41 Å². The monoisotopic (exact) mass is 338 g/mol. The quantitative estimate of drug-likeness (QED) is 0.644. The minimum absolute atomic E-state index is 0.0385. The Morgan fingerprint density at radius 2 is 1.79 bits per heavy atom. The van der Waals surface area contributed by atoms with Gasteiger partial charge in [-0.15, -0.1) is 11.3 Å². The SMILES string of the molecule is CC(C)(C)c1ccc(C(NN)c2csc(Br)c2)cc1. The molecule has 0 aliphatic heterocycles. The van der Waals surface area contributed by atoms with Gasteiger partial charge >= 0.3 is 0 Å². The third-order valence-corrected chi connectivity index (χ3v) is 4.72. The molecular formula is C15H19BrN2S. The summed E-state index contributed by atoms with van der Waals surface area (Å²) in [6.07, 6.45) is 0. The van der Waals surface area contributed by atoms with Crippen molar-refractivity contribution in [1.29, 1.82) is 0 Å². The molecule has 0 aliphatic carbocycles. The van der Waals surface area contributed by atoms with E-state index in [1.54, 1.807) is 11.3 Å². The summed E-state index contributed by atoms with van der Waals surface area (Å²) in [4.78, 5) is 0. The van der Waals surface area contributed by atoms with Gasteiger partial charge in [-0.3, -0.25) is 5.84 Å². The molecule has 1 atom stereocenters. The highest BCUT2D eigenvalue weighted by molar-refractivity contribution is 9.11. The molecule has 0 radical (unpaired) electrons. The van der Waals surface area contributed by atoms with Crippen LogP contribution in [0.5, 0.6) is 0 Å². The second kappa shape index (κ2) is 5.75. The molecule has 2 aromatic rings. The van der Waals surface area contributed by atoms with Crippen molar-refractivity contribution < 1.29 is 0 Å². The molecule has 2 nitrogen and oxygen atoms in total. The molecule has 1 heterocycles. The van der Waals surface area contributed by atoms with E-state index in [9.17, 15) is 0 Å². The Bertz CT molecular complexity index is 540. The van der Waals surface area contributed by atoms with Gasteiger partial charge in [-0.25, -0.2) is 5.43 Å². The van der Waals surface area contributed by atoms with Gasteiger partial charge in [-0.2, -0.15) is 0 Å². The Hall–Kier alpha value is -0.680. The molecule has 0 bridgehead atoms. The fraction of sp³-hybridized carbons (Fsp3) is 0.333. The molecule has 19 heavy (non-hydrogen) atoms. The predicted molar refractivity (Wildman–Crippen MR) is 86.3 cm³/mol. The van der Waals surface area contributed by atoms with Crippen molar-refractivity contribution in [2.24, 2.45) is 5.84 Å². The molecule has 0 aliphatic rings. The Balaban J connectivity index is 2.30. The molecule has 1 aromatic heterocycles. The van der Waals surface area contributed by atoms with Crippen LogP contribution >= 0.6 is 27.3 Å². The molecule has 102 valence electrons. The van der Waals surface area contributed by atoms with Gasteiger partial charge in [-0.05, 0) is 49.5 Å². The fourth-order valence-electron chi connectivity index (χ4n) is 2.04. The number of rotatable bonds is 3. The largest absolute Gasteiger partial charge is 0.271 e. The summed E-state index contributed by atoms with van der Waals surface area (Å²) in [7, 11) is 0. The molecule has 0 spiro atoms. The number of benzene rings is 1. The van der Waals surface area contributed by atoms with E-state index in [0.717, 1.165) is 3.79 Å². The van der Waals surface area contributed by atoms with Crippen LogP contribution in [0, 0.1) is 0 Å². The molecule has 0 saturated carbocycles. The molecule has 3 N–H and O–H groups in total. The summed E-state index contributed by atoms with van der Waals surface area (Å²) in [6, 6.07) is 10.8. The van der Waals surface area contributed by atoms with Crippen molar-refractivity contribution in [1.82, 2.24) is 5.43 Å². The Morgan fingerprint density at radius 3 is 2.21 bits per heavy atom. The highest BCUT2D eigenvalue weighted by atomic mass is 79.9. The van der Waals surface area contributed by atoms with E-state index in [-0.39, 0.29) is 11.5 Å². The lowest BCUT2D eigenvalue weighted by atomic mass is 9.86. The summed E-state index contributed by atoms with van der Waals surface area (Å²) in [5, 5.41) is 2.12. The van der Waals surface area contributed by atoms with Gasteiger partial charge in [-0.1, -0.05) is 45.0 Å².